The van der Waals surface area contributed by atoms with Crippen molar-refractivity contribution >= 4 is 11.0 Å². The Hall–Kier alpha value is -1.51. The molecule has 0 fully saturated rings. The van der Waals surface area contributed by atoms with Gasteiger partial charge in [0.1, 0.15) is 11.3 Å². The molecule has 0 N–H and O–H groups in total. The molecule has 0 atom stereocenters. The Labute approximate surface area is 69.2 Å². The number of hydrogen-bond acceptors (Lipinski definition) is 2. The number of rotatable bonds is 0. The maximum atomic E-state index is 11.4. The molecule has 0 aliphatic carbocycles. The Morgan fingerprint density at radius 2 is 2.25 bits per heavy atom. The average Bonchev–Trinajstić information content (AvgIpc) is 2.39. The lowest BCUT2D eigenvalue weighted by atomic mass is 10.3. The third-order valence-corrected chi connectivity index (χ3v) is 1.88. The summed E-state index contributed by atoms with van der Waals surface area (Å²) in [6, 6.07) is 3.56. The SMILES string of the molecule is Cc1cc2c(=O)n(C)ccc2o1. The smallest absolute Gasteiger partial charge is 0.261 e. The summed E-state index contributed by atoms with van der Waals surface area (Å²) in [5, 5.41) is 0.650. The van der Waals surface area contributed by atoms with Crippen LogP contribution < -0.4 is 5.56 Å². The molecule has 2 heterocycles. The largest absolute Gasteiger partial charge is 0.461 e. The van der Waals surface area contributed by atoms with Crippen LogP contribution in [0.5, 0.6) is 0 Å². The van der Waals surface area contributed by atoms with E-state index in [1.54, 1.807) is 25.4 Å². The van der Waals surface area contributed by atoms with Crippen LogP contribution in [0, 0.1) is 6.92 Å². The molecule has 0 spiro atoms. The highest BCUT2D eigenvalue weighted by Crippen LogP contribution is 2.13. The summed E-state index contributed by atoms with van der Waals surface area (Å²) in [5.74, 6) is 0.772. The highest BCUT2D eigenvalue weighted by molar-refractivity contribution is 5.76. The van der Waals surface area contributed by atoms with E-state index in [4.69, 9.17) is 4.42 Å². The van der Waals surface area contributed by atoms with E-state index in [0.717, 1.165) is 5.76 Å². The minimum atomic E-state index is -0.00986. The van der Waals surface area contributed by atoms with Gasteiger partial charge in [0.15, 0.2) is 0 Å². The van der Waals surface area contributed by atoms with E-state index >= 15 is 0 Å². The van der Waals surface area contributed by atoms with E-state index in [0.29, 0.717) is 11.0 Å². The lowest BCUT2D eigenvalue weighted by Crippen LogP contribution is -2.14. The van der Waals surface area contributed by atoms with E-state index in [2.05, 4.69) is 0 Å². The van der Waals surface area contributed by atoms with Gasteiger partial charge in [-0.15, -0.1) is 0 Å². The van der Waals surface area contributed by atoms with E-state index in [1.165, 1.54) is 4.57 Å². The normalized spacial score (nSPS) is 10.8. The highest BCUT2D eigenvalue weighted by atomic mass is 16.3. The molecule has 2 aromatic heterocycles. The molecule has 12 heavy (non-hydrogen) atoms. The number of aromatic nitrogens is 1. The van der Waals surface area contributed by atoms with Gasteiger partial charge in [-0.25, -0.2) is 0 Å². The van der Waals surface area contributed by atoms with Crippen molar-refractivity contribution in [3.05, 3.63) is 34.4 Å². The van der Waals surface area contributed by atoms with Crippen LogP contribution in [-0.2, 0) is 7.05 Å². The Balaban J connectivity index is 2.99. The van der Waals surface area contributed by atoms with Crippen molar-refractivity contribution in [2.24, 2.45) is 7.05 Å². The molecule has 2 aromatic rings. The molecule has 0 saturated heterocycles. The summed E-state index contributed by atoms with van der Waals surface area (Å²) in [6.45, 7) is 1.83. The first kappa shape index (κ1) is 7.16. The first-order chi connectivity index (χ1) is 5.68. The number of furan rings is 1. The zero-order valence-corrected chi connectivity index (χ0v) is 7.00. The predicted octanol–water partition coefficient (Wildman–Crippen LogP) is 1.44. The summed E-state index contributed by atoms with van der Waals surface area (Å²) in [7, 11) is 1.73. The van der Waals surface area contributed by atoms with E-state index in [-0.39, 0.29) is 5.56 Å². The molecule has 0 aliphatic rings. The van der Waals surface area contributed by atoms with Gasteiger partial charge in [0.25, 0.3) is 5.56 Å². The van der Waals surface area contributed by atoms with Crippen LogP contribution in [-0.4, -0.2) is 4.57 Å². The van der Waals surface area contributed by atoms with Crippen LogP contribution in [0.1, 0.15) is 5.76 Å². The summed E-state index contributed by atoms with van der Waals surface area (Å²) in [6.07, 6.45) is 1.70. The maximum absolute atomic E-state index is 11.4. The maximum Gasteiger partial charge on any atom is 0.261 e. The second kappa shape index (κ2) is 2.24. The van der Waals surface area contributed by atoms with Crippen LogP contribution in [0.3, 0.4) is 0 Å². The lowest BCUT2D eigenvalue weighted by molar-refractivity contribution is 0.577. The number of aryl methyl sites for hydroxylation is 2. The van der Waals surface area contributed by atoms with Gasteiger partial charge in [-0.05, 0) is 19.1 Å². The molecule has 3 heteroatoms. The minimum absolute atomic E-state index is 0.00986. The zero-order valence-electron chi connectivity index (χ0n) is 7.00. The van der Waals surface area contributed by atoms with Crippen molar-refractivity contribution in [3.63, 3.8) is 0 Å². The monoisotopic (exact) mass is 163 g/mol. The average molecular weight is 163 g/mol. The van der Waals surface area contributed by atoms with Gasteiger partial charge in [0, 0.05) is 13.2 Å². The molecular weight excluding hydrogens is 154 g/mol. The lowest BCUT2D eigenvalue weighted by Gasteiger charge is -1.93. The van der Waals surface area contributed by atoms with Crippen molar-refractivity contribution < 1.29 is 4.42 Å². The Bertz CT molecular complexity index is 479. The Morgan fingerprint density at radius 1 is 1.50 bits per heavy atom. The third kappa shape index (κ3) is 0.863. The van der Waals surface area contributed by atoms with Crippen LogP contribution in [0.2, 0.25) is 0 Å². The summed E-state index contributed by atoms with van der Waals surface area (Å²) in [5.41, 5.74) is 0.653. The molecule has 0 saturated carbocycles. The molecule has 0 radical (unpaired) electrons. The molecule has 0 amide bonds. The molecule has 0 aliphatic heterocycles. The van der Waals surface area contributed by atoms with Gasteiger partial charge in [0.2, 0.25) is 0 Å². The van der Waals surface area contributed by atoms with E-state index < -0.39 is 0 Å². The number of nitrogens with zero attached hydrogens (tertiary/aromatic N) is 1. The quantitative estimate of drug-likeness (QED) is 0.589. The fraction of sp³-hybridized carbons (Fsp3) is 0.222. The second-order valence-corrected chi connectivity index (χ2v) is 2.87. The predicted molar refractivity (Wildman–Crippen MR) is 46.2 cm³/mol. The number of hydrogen-bond donors (Lipinski definition) is 0. The fourth-order valence-electron chi connectivity index (χ4n) is 1.26. The van der Waals surface area contributed by atoms with Crippen molar-refractivity contribution in [2.75, 3.05) is 0 Å². The van der Waals surface area contributed by atoms with Crippen molar-refractivity contribution in [3.8, 4) is 0 Å². The summed E-state index contributed by atoms with van der Waals surface area (Å²) >= 11 is 0. The van der Waals surface area contributed by atoms with Crippen LogP contribution in [0.25, 0.3) is 11.0 Å². The number of fused-ring (bicyclic) bond motifs is 1. The standard InChI is InChI=1S/C9H9NO2/c1-6-5-7-8(12-6)3-4-10(2)9(7)11/h3-5H,1-2H3. The first-order valence-corrected chi connectivity index (χ1v) is 3.74. The summed E-state index contributed by atoms with van der Waals surface area (Å²) < 4.78 is 6.83. The Kier molecular flexibility index (Phi) is 1.33. The second-order valence-electron chi connectivity index (χ2n) is 2.87. The van der Waals surface area contributed by atoms with E-state index in [1.807, 2.05) is 6.92 Å². The molecule has 3 nitrogen and oxygen atoms in total. The Morgan fingerprint density at radius 3 is 3.00 bits per heavy atom. The minimum Gasteiger partial charge on any atom is -0.461 e. The van der Waals surface area contributed by atoms with Crippen LogP contribution >= 0.6 is 0 Å². The third-order valence-electron chi connectivity index (χ3n) is 1.88. The van der Waals surface area contributed by atoms with Crippen LogP contribution in [0.15, 0.2) is 27.5 Å². The molecule has 0 unspecified atom stereocenters. The molecule has 0 aromatic carbocycles. The molecule has 0 bridgehead atoms. The molecular formula is C9H9NO2. The van der Waals surface area contributed by atoms with Gasteiger partial charge >= 0.3 is 0 Å². The highest BCUT2D eigenvalue weighted by Gasteiger charge is 2.03. The topological polar surface area (TPSA) is 35.1 Å². The molecule has 2 rings (SSSR count). The zero-order chi connectivity index (χ0) is 8.72. The van der Waals surface area contributed by atoms with Gasteiger partial charge in [-0.3, -0.25) is 4.79 Å². The number of pyridine rings is 1. The van der Waals surface area contributed by atoms with Crippen molar-refractivity contribution in [2.45, 2.75) is 6.92 Å². The van der Waals surface area contributed by atoms with E-state index in [9.17, 15) is 4.79 Å². The summed E-state index contributed by atoms with van der Waals surface area (Å²) in [4.78, 5) is 11.4. The van der Waals surface area contributed by atoms with Crippen molar-refractivity contribution in [1.82, 2.24) is 4.57 Å². The van der Waals surface area contributed by atoms with Crippen molar-refractivity contribution in [1.29, 1.82) is 0 Å². The van der Waals surface area contributed by atoms with Gasteiger partial charge in [-0.1, -0.05) is 0 Å². The fourth-order valence-corrected chi connectivity index (χ4v) is 1.26. The van der Waals surface area contributed by atoms with Gasteiger partial charge < -0.3 is 8.98 Å². The molecule has 62 valence electrons. The van der Waals surface area contributed by atoms with Gasteiger partial charge in [-0.2, -0.15) is 0 Å². The van der Waals surface area contributed by atoms with Crippen LogP contribution in [0.4, 0.5) is 0 Å². The van der Waals surface area contributed by atoms with Gasteiger partial charge in [0.05, 0.1) is 5.39 Å². The first-order valence-electron chi connectivity index (χ1n) is 3.74.